The standard InChI is InChI=1S/C92H71BN4S/c1-91(2,3)64-46-50-68(51-47-64)94(69-52-48-65(49-53-69)92(4,5)6)70-58-84-87-86(59-70)98-85-57-63(61-28-13-8-14-29-61)45-55-80(85)93(87)79-54-44-62(60-26-11-7-12-27-60)56-83(79)97(84)90-77(75-38-23-36-73-71-34-19-21-42-81(71)95(88(73)75)66-30-15-9-16-31-66)40-25-41-78(90)76-39-24-37-74-72-35-20-22-43-82(72)96(89(74)76)67-32-17-10-18-33-67/h7-59H,1-6H3. The highest BCUT2D eigenvalue weighted by atomic mass is 32.2. The molecule has 14 aromatic carbocycles. The van der Waals surface area contributed by atoms with Crippen molar-refractivity contribution in [1.82, 2.24) is 9.13 Å². The maximum Gasteiger partial charge on any atom is 0.249 e. The first-order valence-electron chi connectivity index (χ1n) is 34.3. The lowest BCUT2D eigenvalue weighted by Crippen LogP contribution is -2.59. The molecule has 4 nitrogen and oxygen atoms in total. The van der Waals surface area contributed by atoms with Gasteiger partial charge in [-0.1, -0.05) is 295 Å². The summed E-state index contributed by atoms with van der Waals surface area (Å²) in [5.74, 6) is 0. The number of hydrogen-bond acceptors (Lipinski definition) is 3. The highest BCUT2D eigenvalue weighted by Crippen LogP contribution is 2.55. The normalized spacial score (nSPS) is 12.7. The van der Waals surface area contributed by atoms with Gasteiger partial charge in [-0.3, -0.25) is 0 Å². The first-order valence-corrected chi connectivity index (χ1v) is 35.1. The molecule has 0 unspecified atom stereocenters. The van der Waals surface area contributed by atoms with Crippen molar-refractivity contribution < 1.29 is 0 Å². The van der Waals surface area contributed by atoms with Crippen molar-refractivity contribution >= 4 is 113 Å². The second-order valence-corrected chi connectivity index (χ2v) is 29.5. The fourth-order valence-electron chi connectivity index (χ4n) is 15.8. The number of anilines is 6. The van der Waals surface area contributed by atoms with E-state index in [0.717, 1.165) is 101 Å². The number of para-hydroxylation sites is 7. The van der Waals surface area contributed by atoms with Crippen LogP contribution >= 0.6 is 11.8 Å². The van der Waals surface area contributed by atoms with Crippen molar-refractivity contribution in [1.29, 1.82) is 0 Å². The molecule has 18 rings (SSSR count). The van der Waals surface area contributed by atoms with Crippen molar-refractivity contribution in [2.75, 3.05) is 9.80 Å². The van der Waals surface area contributed by atoms with Crippen molar-refractivity contribution in [3.8, 4) is 55.9 Å². The second-order valence-electron chi connectivity index (χ2n) is 28.4. The summed E-state index contributed by atoms with van der Waals surface area (Å²) >= 11 is 1.91. The molecule has 0 saturated carbocycles. The minimum absolute atomic E-state index is 0.0392. The first-order chi connectivity index (χ1) is 47.9. The monoisotopic (exact) mass is 1270 g/mol. The maximum absolute atomic E-state index is 2.72. The number of hydrogen-bond donors (Lipinski definition) is 0. The molecule has 468 valence electrons. The number of benzene rings is 14. The van der Waals surface area contributed by atoms with Crippen molar-refractivity contribution in [3.05, 3.63) is 333 Å². The first kappa shape index (κ1) is 59.2. The zero-order chi connectivity index (χ0) is 66.0. The van der Waals surface area contributed by atoms with E-state index in [1.54, 1.807) is 0 Å². The van der Waals surface area contributed by atoms with Gasteiger partial charge in [-0.15, -0.1) is 0 Å². The van der Waals surface area contributed by atoms with Gasteiger partial charge in [0.05, 0.1) is 27.8 Å². The molecule has 0 atom stereocenters. The molecule has 16 aromatic rings. The van der Waals surface area contributed by atoms with Gasteiger partial charge in [0, 0.05) is 93.4 Å². The molecule has 2 aliphatic rings. The third kappa shape index (κ3) is 9.75. The van der Waals surface area contributed by atoms with E-state index in [1.165, 1.54) is 70.0 Å². The Bertz CT molecular complexity index is 5550. The average molecular weight is 1280 g/mol. The third-order valence-electron chi connectivity index (χ3n) is 20.5. The van der Waals surface area contributed by atoms with Crippen LogP contribution in [0.2, 0.25) is 0 Å². The molecule has 0 spiro atoms. The summed E-state index contributed by atoms with van der Waals surface area (Å²) < 4.78 is 5.01. The fraction of sp³-hybridized carbons (Fsp3) is 0.0870. The SMILES string of the molecule is CC(C)(C)c1ccc(N(c2ccc(C(C)(C)C)cc2)c2cc3c4c(c2)N(c2c(-c5cccc6c7ccccc7n(-c7ccccc7)c56)cccc2-c2cccc5c6ccccc6n(-c6ccccc6)c25)c2cc(-c5ccccc5)ccc2B4c2ccc(-c4ccccc4)cc2S3)cc1. The molecule has 0 radical (unpaired) electrons. The van der Waals surface area contributed by atoms with E-state index in [1.807, 2.05) is 11.8 Å². The quantitative estimate of drug-likeness (QED) is 0.127. The predicted molar refractivity (Wildman–Crippen MR) is 419 cm³/mol. The zero-order valence-electron chi connectivity index (χ0n) is 55.9. The van der Waals surface area contributed by atoms with Crippen LogP contribution in [0.3, 0.4) is 0 Å². The Hall–Kier alpha value is -11.3. The Morgan fingerprint density at radius 1 is 0.316 bits per heavy atom. The van der Waals surface area contributed by atoms with Gasteiger partial charge in [-0.2, -0.15) is 0 Å². The number of rotatable bonds is 10. The van der Waals surface area contributed by atoms with Gasteiger partial charge < -0.3 is 18.9 Å². The molecule has 98 heavy (non-hydrogen) atoms. The van der Waals surface area contributed by atoms with Gasteiger partial charge >= 0.3 is 0 Å². The Balaban J connectivity index is 1.01. The molecular formula is C92H71BN4S. The molecule has 2 aromatic heterocycles. The Labute approximate surface area is 578 Å². The second kappa shape index (κ2) is 23.2. The minimum atomic E-state index is -0.125. The van der Waals surface area contributed by atoms with Crippen LogP contribution in [0.1, 0.15) is 52.7 Å². The van der Waals surface area contributed by atoms with E-state index in [9.17, 15) is 0 Å². The molecule has 4 heterocycles. The Morgan fingerprint density at radius 2 is 0.745 bits per heavy atom. The van der Waals surface area contributed by atoms with E-state index in [0.29, 0.717) is 0 Å². The number of aromatic nitrogens is 2. The fourth-order valence-corrected chi connectivity index (χ4v) is 17.0. The summed E-state index contributed by atoms with van der Waals surface area (Å²) in [7, 11) is 0. The van der Waals surface area contributed by atoms with E-state index in [4.69, 9.17) is 0 Å². The average Bonchev–Trinajstić information content (AvgIpc) is 0.732. The Kier molecular flexibility index (Phi) is 14.0. The van der Waals surface area contributed by atoms with Crippen molar-refractivity contribution in [2.45, 2.75) is 62.2 Å². The van der Waals surface area contributed by atoms with Crippen LogP contribution in [0.5, 0.6) is 0 Å². The topological polar surface area (TPSA) is 16.3 Å². The van der Waals surface area contributed by atoms with Gasteiger partial charge in [0.25, 0.3) is 0 Å². The predicted octanol–water partition coefficient (Wildman–Crippen LogP) is 23.4. The lowest BCUT2D eigenvalue weighted by molar-refractivity contribution is 0.590. The summed E-state index contributed by atoms with van der Waals surface area (Å²) in [5.41, 5.74) is 29.0. The van der Waals surface area contributed by atoms with Crippen LogP contribution in [-0.2, 0) is 10.8 Å². The minimum Gasteiger partial charge on any atom is -0.310 e. The van der Waals surface area contributed by atoms with Gasteiger partial charge in [-0.05, 0) is 140 Å². The Morgan fingerprint density at radius 3 is 1.24 bits per heavy atom. The summed E-state index contributed by atoms with van der Waals surface area (Å²) in [6.45, 7) is 13.7. The molecule has 2 aliphatic heterocycles. The highest BCUT2D eigenvalue weighted by molar-refractivity contribution is 8.00. The van der Waals surface area contributed by atoms with Gasteiger partial charge in [0.15, 0.2) is 0 Å². The lowest BCUT2D eigenvalue weighted by atomic mass is 9.34. The summed E-state index contributed by atoms with van der Waals surface area (Å²) in [6, 6.07) is 121. The van der Waals surface area contributed by atoms with E-state index in [-0.39, 0.29) is 17.5 Å². The third-order valence-corrected chi connectivity index (χ3v) is 21.6. The largest absolute Gasteiger partial charge is 0.310 e. The molecule has 0 bridgehead atoms. The molecule has 0 aliphatic carbocycles. The smallest absolute Gasteiger partial charge is 0.249 e. The molecule has 0 fully saturated rings. The zero-order valence-corrected chi connectivity index (χ0v) is 56.7. The van der Waals surface area contributed by atoms with Crippen LogP contribution < -0.4 is 26.2 Å². The number of fused-ring (bicyclic) bond motifs is 10. The summed E-state index contributed by atoms with van der Waals surface area (Å²) in [5, 5.41) is 4.81. The number of nitrogens with zero attached hydrogens (tertiary/aromatic N) is 4. The summed E-state index contributed by atoms with van der Waals surface area (Å²) in [6.07, 6.45) is 0. The van der Waals surface area contributed by atoms with Crippen LogP contribution in [-0.4, -0.2) is 15.8 Å². The molecule has 0 N–H and O–H groups in total. The van der Waals surface area contributed by atoms with Crippen LogP contribution in [0.25, 0.3) is 99.5 Å². The van der Waals surface area contributed by atoms with Gasteiger partial charge in [0.2, 0.25) is 6.71 Å². The molecule has 6 heteroatoms. The molecule has 0 amide bonds. The van der Waals surface area contributed by atoms with E-state index < -0.39 is 0 Å². The lowest BCUT2D eigenvalue weighted by Gasteiger charge is -2.43. The van der Waals surface area contributed by atoms with Crippen molar-refractivity contribution in [2.24, 2.45) is 0 Å². The molecular weight excluding hydrogens is 1200 g/mol. The van der Waals surface area contributed by atoms with Crippen LogP contribution in [0.15, 0.2) is 331 Å². The van der Waals surface area contributed by atoms with Gasteiger partial charge in [-0.25, -0.2) is 0 Å². The maximum atomic E-state index is 2.72. The van der Waals surface area contributed by atoms with Crippen molar-refractivity contribution in [3.63, 3.8) is 0 Å². The van der Waals surface area contributed by atoms with Gasteiger partial charge in [0.1, 0.15) is 0 Å². The molecule has 0 saturated heterocycles. The highest BCUT2D eigenvalue weighted by Gasteiger charge is 2.43. The van der Waals surface area contributed by atoms with E-state index in [2.05, 4.69) is 382 Å². The van der Waals surface area contributed by atoms with Crippen LogP contribution in [0.4, 0.5) is 34.1 Å². The van der Waals surface area contributed by atoms with Crippen LogP contribution in [0, 0.1) is 0 Å². The summed E-state index contributed by atoms with van der Waals surface area (Å²) in [4.78, 5) is 7.72. The van der Waals surface area contributed by atoms with E-state index >= 15 is 0 Å².